The summed E-state index contributed by atoms with van der Waals surface area (Å²) in [7, 11) is 0. The Labute approximate surface area is 137 Å². The molecule has 1 saturated heterocycles. The molecule has 2 aliphatic rings. The zero-order valence-corrected chi connectivity index (χ0v) is 13.7. The molecule has 1 spiro atoms. The van der Waals surface area contributed by atoms with E-state index in [1.165, 1.54) is 4.90 Å². The predicted octanol–water partition coefficient (Wildman–Crippen LogP) is 3.04. The molecule has 1 atom stereocenters. The van der Waals surface area contributed by atoms with E-state index in [0.29, 0.717) is 18.4 Å². The second kappa shape index (κ2) is 6.01. The summed E-state index contributed by atoms with van der Waals surface area (Å²) < 4.78 is 6.73. The molecule has 1 amide bonds. The summed E-state index contributed by atoms with van der Waals surface area (Å²) in [5.74, 6) is -1.27. The van der Waals surface area contributed by atoms with Crippen molar-refractivity contribution in [1.29, 1.82) is 0 Å². The number of benzene rings is 1. The third kappa shape index (κ3) is 2.65. The second-order valence-electron chi connectivity index (χ2n) is 5.85. The predicted molar refractivity (Wildman–Crippen MR) is 83.5 cm³/mol. The average molecular weight is 368 g/mol. The molecule has 6 heteroatoms. The van der Waals surface area contributed by atoms with Crippen LogP contribution in [0.3, 0.4) is 0 Å². The molecule has 5 nitrogen and oxygen atoms in total. The molecule has 1 saturated carbocycles. The fourth-order valence-corrected chi connectivity index (χ4v) is 3.66. The van der Waals surface area contributed by atoms with Gasteiger partial charge in [0.2, 0.25) is 0 Å². The maximum Gasteiger partial charge on any atom is 0.328 e. The summed E-state index contributed by atoms with van der Waals surface area (Å²) >= 11 is 3.34. The van der Waals surface area contributed by atoms with Crippen LogP contribution >= 0.6 is 15.9 Å². The smallest absolute Gasteiger partial charge is 0.328 e. The fraction of sp³-hybridized carbons (Fsp3) is 0.500. The first-order valence-corrected chi connectivity index (χ1v) is 8.29. The van der Waals surface area contributed by atoms with Crippen molar-refractivity contribution >= 4 is 27.8 Å². The number of hydrogen-bond donors (Lipinski definition) is 1. The maximum absolute atomic E-state index is 12.9. The Morgan fingerprint density at radius 3 is 2.41 bits per heavy atom. The largest absolute Gasteiger partial charge is 0.480 e. The van der Waals surface area contributed by atoms with Crippen molar-refractivity contribution in [2.45, 2.75) is 43.9 Å². The van der Waals surface area contributed by atoms with Gasteiger partial charge in [-0.05, 0) is 49.9 Å². The molecular formula is C16H18BrNO4. The van der Waals surface area contributed by atoms with Gasteiger partial charge in [0, 0.05) is 10.0 Å². The zero-order valence-electron chi connectivity index (χ0n) is 12.1. The highest BCUT2D eigenvalue weighted by Gasteiger charge is 2.53. The van der Waals surface area contributed by atoms with E-state index in [-0.39, 0.29) is 12.5 Å². The van der Waals surface area contributed by atoms with Gasteiger partial charge in [-0.3, -0.25) is 9.69 Å². The van der Waals surface area contributed by atoms with Crippen LogP contribution in [0.25, 0.3) is 0 Å². The fourth-order valence-electron chi connectivity index (χ4n) is 3.39. The van der Waals surface area contributed by atoms with Crippen LogP contribution in [0.2, 0.25) is 0 Å². The minimum absolute atomic E-state index is 0.0671. The van der Waals surface area contributed by atoms with E-state index < -0.39 is 17.7 Å². The second-order valence-corrected chi connectivity index (χ2v) is 6.77. The van der Waals surface area contributed by atoms with E-state index >= 15 is 0 Å². The van der Waals surface area contributed by atoms with Crippen molar-refractivity contribution in [3.63, 3.8) is 0 Å². The Bertz CT molecular complexity index is 580. The van der Waals surface area contributed by atoms with Gasteiger partial charge >= 0.3 is 5.97 Å². The number of amides is 1. The molecule has 1 aliphatic heterocycles. The molecule has 0 bridgehead atoms. The summed E-state index contributed by atoms with van der Waals surface area (Å²) in [6.45, 7) is 0.0671. The van der Waals surface area contributed by atoms with Crippen LogP contribution in [0, 0.1) is 0 Å². The Morgan fingerprint density at radius 2 is 1.82 bits per heavy atom. The maximum atomic E-state index is 12.9. The minimum atomic E-state index is -1.01. The summed E-state index contributed by atoms with van der Waals surface area (Å²) in [5, 5.41) is 9.46. The van der Waals surface area contributed by atoms with E-state index in [4.69, 9.17) is 4.74 Å². The number of hydrogen-bond acceptors (Lipinski definition) is 3. The number of nitrogens with zero attached hydrogens (tertiary/aromatic N) is 1. The standard InChI is InChI=1S/C16H18BrNO4/c17-12-6-4-11(5-7-12)14(19)18-13(15(20)21)10-22-16(18)8-2-1-3-9-16/h4-7,13H,1-3,8-10H2,(H,20,21)/t13-/m1/s1. The summed E-state index contributed by atoms with van der Waals surface area (Å²) in [6.07, 6.45) is 4.42. The molecule has 22 heavy (non-hydrogen) atoms. The van der Waals surface area contributed by atoms with Crippen LogP contribution in [0.15, 0.2) is 28.7 Å². The van der Waals surface area contributed by atoms with Gasteiger partial charge in [0.15, 0.2) is 6.04 Å². The van der Waals surface area contributed by atoms with Gasteiger partial charge in [0.05, 0.1) is 6.61 Å². The Hall–Kier alpha value is -1.40. The van der Waals surface area contributed by atoms with Crippen LogP contribution in [0.5, 0.6) is 0 Å². The normalized spacial score (nSPS) is 23.7. The Morgan fingerprint density at radius 1 is 1.18 bits per heavy atom. The van der Waals surface area contributed by atoms with Gasteiger partial charge in [-0.25, -0.2) is 4.79 Å². The first kappa shape index (κ1) is 15.5. The van der Waals surface area contributed by atoms with Crippen LogP contribution in [0.1, 0.15) is 42.5 Å². The lowest BCUT2D eigenvalue weighted by atomic mass is 9.89. The summed E-state index contributed by atoms with van der Waals surface area (Å²) in [4.78, 5) is 25.9. The highest BCUT2D eigenvalue weighted by atomic mass is 79.9. The van der Waals surface area contributed by atoms with Crippen LogP contribution in [-0.2, 0) is 9.53 Å². The van der Waals surface area contributed by atoms with Gasteiger partial charge in [-0.15, -0.1) is 0 Å². The van der Waals surface area contributed by atoms with Crippen LogP contribution in [-0.4, -0.2) is 40.3 Å². The molecule has 2 fully saturated rings. The summed E-state index contributed by atoms with van der Waals surface area (Å²) in [6, 6.07) is 6.08. The Balaban J connectivity index is 1.95. The van der Waals surface area contributed by atoms with Gasteiger partial charge < -0.3 is 9.84 Å². The van der Waals surface area contributed by atoms with E-state index in [0.717, 1.165) is 23.7 Å². The van der Waals surface area contributed by atoms with E-state index in [1.54, 1.807) is 24.3 Å². The van der Waals surface area contributed by atoms with Gasteiger partial charge in [0.25, 0.3) is 5.91 Å². The highest BCUT2D eigenvalue weighted by Crippen LogP contribution is 2.41. The van der Waals surface area contributed by atoms with Gasteiger partial charge in [-0.2, -0.15) is 0 Å². The molecule has 1 N–H and O–H groups in total. The van der Waals surface area contributed by atoms with E-state index in [1.807, 2.05) is 0 Å². The summed E-state index contributed by atoms with van der Waals surface area (Å²) in [5.41, 5.74) is -0.254. The molecule has 1 aromatic carbocycles. The third-order valence-electron chi connectivity index (χ3n) is 4.49. The van der Waals surface area contributed by atoms with Crippen molar-refractivity contribution in [2.75, 3.05) is 6.61 Å². The number of carboxylic acids is 1. The van der Waals surface area contributed by atoms with Crippen molar-refractivity contribution < 1.29 is 19.4 Å². The average Bonchev–Trinajstić information content (AvgIpc) is 2.87. The topological polar surface area (TPSA) is 66.8 Å². The van der Waals surface area contributed by atoms with Crippen LogP contribution < -0.4 is 0 Å². The lowest BCUT2D eigenvalue weighted by molar-refractivity contribution is -0.143. The SMILES string of the molecule is O=C(O)[C@H]1COC2(CCCCC2)N1C(=O)c1ccc(Br)cc1. The number of carbonyl (C=O) groups is 2. The monoisotopic (exact) mass is 367 g/mol. The van der Waals surface area contributed by atoms with E-state index in [2.05, 4.69) is 15.9 Å². The van der Waals surface area contributed by atoms with Crippen molar-refractivity contribution in [2.24, 2.45) is 0 Å². The van der Waals surface area contributed by atoms with E-state index in [9.17, 15) is 14.7 Å². The number of carboxylic acid groups (broad SMARTS) is 1. The third-order valence-corrected chi connectivity index (χ3v) is 5.02. The number of halogens is 1. The van der Waals surface area contributed by atoms with Crippen molar-refractivity contribution in [3.8, 4) is 0 Å². The zero-order chi connectivity index (χ0) is 15.7. The van der Waals surface area contributed by atoms with Gasteiger partial charge in [0.1, 0.15) is 5.72 Å². The molecule has 118 valence electrons. The molecule has 1 aliphatic carbocycles. The van der Waals surface area contributed by atoms with Gasteiger partial charge in [-0.1, -0.05) is 22.4 Å². The van der Waals surface area contributed by atoms with Crippen LogP contribution in [0.4, 0.5) is 0 Å². The molecule has 0 radical (unpaired) electrons. The molecule has 3 rings (SSSR count). The number of carbonyl (C=O) groups excluding carboxylic acids is 1. The first-order chi connectivity index (χ1) is 10.5. The first-order valence-electron chi connectivity index (χ1n) is 7.49. The van der Waals surface area contributed by atoms with Crippen molar-refractivity contribution in [3.05, 3.63) is 34.3 Å². The number of rotatable bonds is 2. The van der Waals surface area contributed by atoms with Crippen molar-refractivity contribution in [1.82, 2.24) is 4.90 Å². The highest BCUT2D eigenvalue weighted by molar-refractivity contribution is 9.10. The molecule has 1 heterocycles. The lowest BCUT2D eigenvalue weighted by Crippen LogP contribution is -2.54. The molecule has 0 aromatic heterocycles. The quantitative estimate of drug-likeness (QED) is 0.872. The number of ether oxygens (including phenoxy) is 1. The molecular weight excluding hydrogens is 350 g/mol. The Kier molecular flexibility index (Phi) is 4.23. The minimum Gasteiger partial charge on any atom is -0.480 e. The molecule has 1 aromatic rings. The lowest BCUT2D eigenvalue weighted by Gasteiger charge is -2.41. The molecule has 0 unspecified atom stereocenters. The number of aliphatic carboxylic acids is 1.